The van der Waals surface area contributed by atoms with Crippen LogP contribution in [0.2, 0.25) is 0 Å². The normalized spacial score (nSPS) is 30.2. The highest BCUT2D eigenvalue weighted by Crippen LogP contribution is 2.29. The maximum atomic E-state index is 13.9. The molecule has 2 saturated heterocycles. The summed E-state index contributed by atoms with van der Waals surface area (Å²) in [6.07, 6.45) is 2.36. The first kappa shape index (κ1) is 13.2. The molecule has 0 aromatic carbocycles. The summed E-state index contributed by atoms with van der Waals surface area (Å²) in [5, 5.41) is 0. The molecule has 0 saturated carbocycles. The van der Waals surface area contributed by atoms with Gasteiger partial charge in [0.2, 0.25) is 0 Å². The van der Waals surface area contributed by atoms with Crippen LogP contribution < -0.4 is 5.73 Å². The molecule has 2 N–H and O–H groups in total. The monoisotopic (exact) mass is 264 g/mol. The van der Waals surface area contributed by atoms with Crippen LogP contribution in [0.4, 0.5) is 4.39 Å². The molecule has 0 bridgehead atoms. The van der Waals surface area contributed by atoms with Gasteiger partial charge in [0.05, 0.1) is 11.5 Å². The van der Waals surface area contributed by atoms with E-state index in [0.717, 1.165) is 0 Å². The van der Waals surface area contributed by atoms with Crippen molar-refractivity contribution in [2.75, 3.05) is 31.1 Å². The Kier molecular flexibility index (Phi) is 3.75. The van der Waals surface area contributed by atoms with Gasteiger partial charge in [-0.2, -0.15) is 0 Å². The first-order valence-electron chi connectivity index (χ1n) is 6.28. The van der Waals surface area contributed by atoms with Gasteiger partial charge in [0.25, 0.3) is 0 Å². The van der Waals surface area contributed by atoms with E-state index in [9.17, 15) is 12.8 Å². The zero-order valence-corrected chi connectivity index (χ0v) is 10.9. The lowest BCUT2D eigenvalue weighted by atomic mass is 9.92. The second kappa shape index (κ2) is 4.82. The lowest BCUT2D eigenvalue weighted by Gasteiger charge is -2.41. The lowest BCUT2D eigenvalue weighted by molar-refractivity contribution is 0.0417. The van der Waals surface area contributed by atoms with Gasteiger partial charge in [0, 0.05) is 25.7 Å². The van der Waals surface area contributed by atoms with Crippen molar-refractivity contribution in [1.82, 2.24) is 4.90 Å². The minimum absolute atomic E-state index is 0.0971. The molecule has 0 amide bonds. The minimum Gasteiger partial charge on any atom is -0.328 e. The van der Waals surface area contributed by atoms with Gasteiger partial charge in [-0.25, -0.2) is 12.8 Å². The van der Waals surface area contributed by atoms with Crippen molar-refractivity contribution in [1.29, 1.82) is 0 Å². The van der Waals surface area contributed by atoms with Gasteiger partial charge in [0.15, 0.2) is 0 Å². The van der Waals surface area contributed by atoms with Crippen LogP contribution in [0.25, 0.3) is 0 Å². The first-order valence-corrected chi connectivity index (χ1v) is 8.10. The predicted molar refractivity (Wildman–Crippen MR) is 65.4 cm³/mol. The molecule has 2 aliphatic rings. The number of piperidine rings is 1. The Labute approximate surface area is 102 Å². The Morgan fingerprint density at radius 2 is 1.76 bits per heavy atom. The van der Waals surface area contributed by atoms with Crippen molar-refractivity contribution in [3.63, 3.8) is 0 Å². The molecule has 4 nitrogen and oxygen atoms in total. The Morgan fingerprint density at radius 1 is 1.24 bits per heavy atom. The second-order valence-corrected chi connectivity index (χ2v) is 7.58. The number of nitrogens with two attached hydrogens (primary N) is 1. The van der Waals surface area contributed by atoms with Crippen LogP contribution in [-0.4, -0.2) is 56.2 Å². The molecule has 0 aromatic heterocycles. The van der Waals surface area contributed by atoms with Crippen LogP contribution in [0.3, 0.4) is 0 Å². The van der Waals surface area contributed by atoms with Gasteiger partial charge >= 0.3 is 0 Å². The third kappa shape index (κ3) is 3.17. The summed E-state index contributed by atoms with van der Waals surface area (Å²) in [5.74, 6) is 0.567. The topological polar surface area (TPSA) is 63.4 Å². The number of nitrogens with zero attached hydrogens (tertiary/aromatic N) is 1. The molecule has 100 valence electrons. The Balaban J connectivity index is 1.86. The van der Waals surface area contributed by atoms with Crippen molar-refractivity contribution in [2.24, 2.45) is 5.73 Å². The first-order chi connectivity index (χ1) is 7.94. The average molecular weight is 264 g/mol. The summed E-state index contributed by atoms with van der Waals surface area (Å²) < 4.78 is 36.6. The molecule has 2 aliphatic heterocycles. The smallest absolute Gasteiger partial charge is 0.150 e. The van der Waals surface area contributed by atoms with Crippen molar-refractivity contribution < 1.29 is 12.8 Å². The van der Waals surface area contributed by atoms with Gasteiger partial charge in [-0.05, 0) is 25.7 Å². The summed E-state index contributed by atoms with van der Waals surface area (Å²) in [6.45, 7) is 1.51. The van der Waals surface area contributed by atoms with Crippen molar-refractivity contribution in [2.45, 2.75) is 37.4 Å². The van der Waals surface area contributed by atoms with Gasteiger partial charge in [0.1, 0.15) is 15.5 Å². The van der Waals surface area contributed by atoms with Crippen LogP contribution in [-0.2, 0) is 9.84 Å². The summed E-state index contributed by atoms with van der Waals surface area (Å²) in [7, 11) is -2.80. The van der Waals surface area contributed by atoms with Crippen molar-refractivity contribution in [3.05, 3.63) is 0 Å². The lowest BCUT2D eigenvalue weighted by Crippen LogP contribution is -2.50. The van der Waals surface area contributed by atoms with E-state index in [1.165, 1.54) is 0 Å². The van der Waals surface area contributed by atoms with Gasteiger partial charge in [-0.15, -0.1) is 0 Å². The van der Waals surface area contributed by atoms with Gasteiger partial charge in [-0.1, -0.05) is 0 Å². The summed E-state index contributed by atoms with van der Waals surface area (Å²) in [4.78, 5) is 2.24. The van der Waals surface area contributed by atoms with Crippen molar-refractivity contribution >= 4 is 9.84 Å². The van der Waals surface area contributed by atoms with Crippen LogP contribution in [0, 0.1) is 0 Å². The maximum Gasteiger partial charge on any atom is 0.150 e. The molecular weight excluding hydrogens is 243 g/mol. The van der Waals surface area contributed by atoms with E-state index in [1.807, 2.05) is 0 Å². The number of halogens is 1. The van der Waals surface area contributed by atoms with Gasteiger partial charge < -0.3 is 10.6 Å². The third-order valence-electron chi connectivity index (χ3n) is 4.10. The van der Waals surface area contributed by atoms with E-state index in [2.05, 4.69) is 4.90 Å². The number of likely N-dealkylation sites (tertiary alicyclic amines) is 1. The zero-order valence-electron chi connectivity index (χ0n) is 10.1. The van der Waals surface area contributed by atoms with Crippen molar-refractivity contribution in [3.8, 4) is 0 Å². The minimum atomic E-state index is -2.80. The van der Waals surface area contributed by atoms with E-state index in [4.69, 9.17) is 5.73 Å². The highest BCUT2D eigenvalue weighted by Gasteiger charge is 2.36. The highest BCUT2D eigenvalue weighted by atomic mass is 32.2. The summed E-state index contributed by atoms with van der Waals surface area (Å²) in [6, 6.07) is 0.320. The number of rotatable bonds is 2. The van der Waals surface area contributed by atoms with Crippen LogP contribution in [0.5, 0.6) is 0 Å². The second-order valence-electron chi connectivity index (χ2n) is 5.27. The number of hydrogen-bond acceptors (Lipinski definition) is 4. The van der Waals surface area contributed by atoms with Crippen LogP contribution in [0.1, 0.15) is 25.7 Å². The number of alkyl halides is 1. The van der Waals surface area contributed by atoms with E-state index < -0.39 is 15.5 Å². The molecule has 0 atom stereocenters. The molecule has 0 aliphatic carbocycles. The zero-order chi connectivity index (χ0) is 12.5. The molecule has 0 spiro atoms. The third-order valence-corrected chi connectivity index (χ3v) is 5.82. The molecule has 2 fully saturated rings. The largest absolute Gasteiger partial charge is 0.328 e. The number of sulfone groups is 1. The van der Waals surface area contributed by atoms with Crippen LogP contribution in [0.15, 0.2) is 0 Å². The summed E-state index contributed by atoms with van der Waals surface area (Å²) >= 11 is 0. The molecule has 2 rings (SSSR count). The van der Waals surface area contributed by atoms with Crippen LogP contribution >= 0.6 is 0 Å². The Bertz CT molecular complexity index is 350. The standard InChI is InChI=1S/C11H21FN2O2S/c12-11(9-13)3-5-14(6-4-11)10-1-7-17(15,16)8-2-10/h10H,1-9,13H2. The number of hydrogen-bond donors (Lipinski definition) is 1. The van der Waals surface area contributed by atoms with E-state index in [1.54, 1.807) is 0 Å². The average Bonchev–Trinajstić information content (AvgIpc) is 2.31. The fraction of sp³-hybridized carbons (Fsp3) is 1.00. The summed E-state index contributed by atoms with van der Waals surface area (Å²) in [5.41, 5.74) is 4.23. The molecule has 17 heavy (non-hydrogen) atoms. The maximum absolute atomic E-state index is 13.9. The molecule has 2 heterocycles. The fourth-order valence-electron chi connectivity index (χ4n) is 2.74. The predicted octanol–water partition coefficient (Wildman–Crippen LogP) is 0.326. The quantitative estimate of drug-likeness (QED) is 0.780. The molecule has 0 radical (unpaired) electrons. The SMILES string of the molecule is NCC1(F)CCN(C2CCS(=O)(=O)CC2)CC1. The highest BCUT2D eigenvalue weighted by molar-refractivity contribution is 7.91. The van der Waals surface area contributed by atoms with E-state index in [0.29, 0.717) is 44.8 Å². The molecular formula is C11H21FN2O2S. The molecule has 0 aromatic rings. The van der Waals surface area contributed by atoms with E-state index >= 15 is 0 Å². The molecule has 6 heteroatoms. The van der Waals surface area contributed by atoms with Gasteiger partial charge in [-0.3, -0.25) is 0 Å². The fourth-order valence-corrected chi connectivity index (χ4v) is 4.20. The Hall–Kier alpha value is -0.200. The Morgan fingerprint density at radius 3 is 2.24 bits per heavy atom. The van der Waals surface area contributed by atoms with E-state index in [-0.39, 0.29) is 18.1 Å². The molecule has 0 unspecified atom stereocenters.